The first kappa shape index (κ1) is 16.6. The van der Waals surface area contributed by atoms with Crippen molar-refractivity contribution in [2.75, 3.05) is 12.4 Å². The van der Waals surface area contributed by atoms with E-state index in [1.54, 1.807) is 38.3 Å². The number of nitrogens with one attached hydrogen (secondary N) is 1. The molecule has 0 fully saturated rings. The summed E-state index contributed by atoms with van der Waals surface area (Å²) in [7, 11) is 1.56. The van der Waals surface area contributed by atoms with E-state index in [0.29, 0.717) is 23.2 Å². The Morgan fingerprint density at radius 2 is 1.88 bits per heavy atom. The molecule has 1 heterocycles. The lowest BCUT2D eigenvalue weighted by molar-refractivity contribution is 0.102. The van der Waals surface area contributed by atoms with Gasteiger partial charge in [-0.25, -0.2) is 13.5 Å². The first-order valence-electron chi connectivity index (χ1n) is 7.32. The second-order valence-corrected chi connectivity index (χ2v) is 5.21. The summed E-state index contributed by atoms with van der Waals surface area (Å²) < 4.78 is 33.2. The monoisotopic (exact) mass is 344 g/mol. The number of nitrogens with zero attached hydrogens (tertiary/aromatic N) is 3. The van der Waals surface area contributed by atoms with Gasteiger partial charge < -0.3 is 10.1 Å². The molecule has 0 radical (unpaired) electrons. The molecule has 0 saturated heterocycles. The van der Waals surface area contributed by atoms with Crippen molar-refractivity contribution in [3.8, 4) is 11.4 Å². The predicted octanol–water partition coefficient (Wildman–Crippen LogP) is 3.11. The lowest BCUT2D eigenvalue weighted by Crippen LogP contribution is -2.15. The van der Waals surface area contributed by atoms with Crippen molar-refractivity contribution in [3.63, 3.8) is 0 Å². The highest BCUT2D eigenvalue weighted by Crippen LogP contribution is 2.19. The van der Waals surface area contributed by atoms with Crippen LogP contribution in [0, 0.1) is 18.6 Å². The molecular weight excluding hydrogens is 330 g/mol. The molecular formula is C17H14F2N4O2. The second-order valence-electron chi connectivity index (χ2n) is 5.21. The average molecular weight is 344 g/mol. The Morgan fingerprint density at radius 1 is 1.16 bits per heavy atom. The summed E-state index contributed by atoms with van der Waals surface area (Å²) in [6, 6.07) is 9.93. The molecule has 0 spiro atoms. The van der Waals surface area contributed by atoms with E-state index in [2.05, 4.69) is 15.6 Å². The number of hydrogen-bond acceptors (Lipinski definition) is 4. The van der Waals surface area contributed by atoms with Gasteiger partial charge in [0.25, 0.3) is 5.91 Å². The van der Waals surface area contributed by atoms with E-state index in [1.807, 2.05) is 0 Å². The van der Waals surface area contributed by atoms with E-state index in [1.165, 1.54) is 4.68 Å². The van der Waals surface area contributed by atoms with Crippen LogP contribution in [0.2, 0.25) is 0 Å². The zero-order valence-corrected chi connectivity index (χ0v) is 13.5. The molecule has 0 aliphatic carbocycles. The summed E-state index contributed by atoms with van der Waals surface area (Å²) in [5, 5.41) is 10.2. The van der Waals surface area contributed by atoms with Gasteiger partial charge in [-0.2, -0.15) is 0 Å². The first-order chi connectivity index (χ1) is 12.0. The number of aromatic nitrogens is 3. The highest BCUT2D eigenvalue weighted by molar-refractivity contribution is 6.03. The van der Waals surface area contributed by atoms with Crippen LogP contribution in [0.25, 0.3) is 5.69 Å². The van der Waals surface area contributed by atoms with E-state index in [4.69, 9.17) is 4.74 Å². The summed E-state index contributed by atoms with van der Waals surface area (Å²) >= 11 is 0. The smallest absolute Gasteiger partial charge is 0.278 e. The van der Waals surface area contributed by atoms with Crippen LogP contribution < -0.4 is 10.1 Å². The van der Waals surface area contributed by atoms with E-state index in [-0.39, 0.29) is 11.4 Å². The molecule has 2 aromatic carbocycles. The van der Waals surface area contributed by atoms with Gasteiger partial charge in [0.1, 0.15) is 17.4 Å². The van der Waals surface area contributed by atoms with Gasteiger partial charge in [0.2, 0.25) is 0 Å². The van der Waals surface area contributed by atoms with Gasteiger partial charge in [0, 0.05) is 6.07 Å². The lowest BCUT2D eigenvalue weighted by Gasteiger charge is -2.06. The number of methoxy groups -OCH3 is 1. The Balaban J connectivity index is 1.85. The molecule has 0 bridgehead atoms. The largest absolute Gasteiger partial charge is 0.497 e. The standard InChI is InChI=1S/C17H14F2N4O2/c1-10-16(17(24)20-15-8-3-11(18)9-14(15)19)21-22-23(10)12-4-6-13(25-2)7-5-12/h3-9H,1-2H3,(H,20,24). The van der Waals surface area contributed by atoms with E-state index >= 15 is 0 Å². The third kappa shape index (κ3) is 3.32. The van der Waals surface area contributed by atoms with Crippen LogP contribution in [0.1, 0.15) is 16.2 Å². The van der Waals surface area contributed by atoms with Gasteiger partial charge in [-0.15, -0.1) is 5.10 Å². The minimum absolute atomic E-state index is 0.0412. The molecule has 0 saturated carbocycles. The maximum absolute atomic E-state index is 13.7. The predicted molar refractivity (Wildman–Crippen MR) is 87.0 cm³/mol. The van der Waals surface area contributed by atoms with Crippen molar-refractivity contribution in [1.29, 1.82) is 0 Å². The highest BCUT2D eigenvalue weighted by atomic mass is 19.1. The van der Waals surface area contributed by atoms with Crippen molar-refractivity contribution in [2.45, 2.75) is 6.92 Å². The fourth-order valence-electron chi connectivity index (χ4n) is 2.28. The SMILES string of the molecule is COc1ccc(-n2nnc(C(=O)Nc3ccc(F)cc3F)c2C)cc1. The number of halogens is 2. The van der Waals surface area contributed by atoms with Gasteiger partial charge in [0.05, 0.1) is 24.2 Å². The quantitative estimate of drug-likeness (QED) is 0.790. The van der Waals surface area contributed by atoms with Crippen molar-refractivity contribution in [3.05, 3.63) is 65.5 Å². The van der Waals surface area contributed by atoms with Gasteiger partial charge >= 0.3 is 0 Å². The van der Waals surface area contributed by atoms with Crippen LogP contribution in [0.4, 0.5) is 14.5 Å². The Morgan fingerprint density at radius 3 is 2.52 bits per heavy atom. The zero-order chi connectivity index (χ0) is 18.0. The van der Waals surface area contributed by atoms with Crippen LogP contribution in [0.5, 0.6) is 5.75 Å². The number of amides is 1. The summed E-state index contributed by atoms with van der Waals surface area (Å²) in [6.45, 7) is 1.67. The third-order valence-electron chi connectivity index (χ3n) is 3.61. The van der Waals surface area contributed by atoms with Crippen LogP contribution >= 0.6 is 0 Å². The molecule has 1 amide bonds. The molecule has 128 valence electrons. The molecule has 3 rings (SSSR count). The van der Waals surface area contributed by atoms with Crippen LogP contribution in [-0.4, -0.2) is 28.0 Å². The molecule has 25 heavy (non-hydrogen) atoms. The Labute approximate surface area is 142 Å². The molecule has 8 heteroatoms. The zero-order valence-electron chi connectivity index (χ0n) is 13.5. The maximum atomic E-state index is 13.7. The second kappa shape index (κ2) is 6.68. The number of anilines is 1. The number of hydrogen-bond donors (Lipinski definition) is 1. The van der Waals surface area contributed by atoms with Gasteiger partial charge in [-0.1, -0.05) is 5.21 Å². The number of benzene rings is 2. The van der Waals surface area contributed by atoms with Crippen molar-refractivity contribution < 1.29 is 18.3 Å². The van der Waals surface area contributed by atoms with E-state index in [9.17, 15) is 13.6 Å². The molecule has 3 aromatic rings. The van der Waals surface area contributed by atoms with E-state index < -0.39 is 17.5 Å². The van der Waals surface area contributed by atoms with Crippen LogP contribution in [0.15, 0.2) is 42.5 Å². The van der Waals surface area contributed by atoms with E-state index in [0.717, 1.165) is 12.1 Å². The number of rotatable bonds is 4. The van der Waals surface area contributed by atoms with Crippen LogP contribution in [0.3, 0.4) is 0 Å². The highest BCUT2D eigenvalue weighted by Gasteiger charge is 2.19. The number of carbonyl (C=O) groups is 1. The third-order valence-corrected chi connectivity index (χ3v) is 3.61. The van der Waals surface area contributed by atoms with Gasteiger partial charge in [0.15, 0.2) is 5.69 Å². The van der Waals surface area contributed by atoms with Crippen molar-refractivity contribution in [1.82, 2.24) is 15.0 Å². The Kier molecular flexibility index (Phi) is 4.42. The molecule has 6 nitrogen and oxygen atoms in total. The summed E-state index contributed by atoms with van der Waals surface area (Å²) in [5.41, 5.74) is 1.08. The normalized spacial score (nSPS) is 10.6. The molecule has 1 aromatic heterocycles. The Hall–Kier alpha value is -3.29. The molecule has 0 aliphatic rings. The van der Waals surface area contributed by atoms with Gasteiger partial charge in [-0.05, 0) is 43.3 Å². The first-order valence-corrected chi connectivity index (χ1v) is 7.32. The lowest BCUT2D eigenvalue weighted by atomic mass is 10.2. The molecule has 0 unspecified atom stereocenters. The van der Waals surface area contributed by atoms with Crippen molar-refractivity contribution in [2.24, 2.45) is 0 Å². The average Bonchev–Trinajstić information content (AvgIpc) is 2.99. The minimum Gasteiger partial charge on any atom is -0.497 e. The molecule has 0 atom stereocenters. The van der Waals surface area contributed by atoms with Crippen molar-refractivity contribution >= 4 is 11.6 Å². The maximum Gasteiger partial charge on any atom is 0.278 e. The summed E-state index contributed by atoms with van der Waals surface area (Å²) in [4.78, 5) is 12.3. The summed E-state index contributed by atoms with van der Waals surface area (Å²) in [5.74, 6) is -1.54. The number of ether oxygens (including phenoxy) is 1. The number of carbonyl (C=O) groups excluding carboxylic acids is 1. The fourth-order valence-corrected chi connectivity index (χ4v) is 2.28. The van der Waals surface area contributed by atoms with Crippen LogP contribution in [-0.2, 0) is 0 Å². The molecule has 0 aliphatic heterocycles. The fraction of sp³-hybridized carbons (Fsp3) is 0.118. The molecule has 1 N–H and O–H groups in total. The Bertz CT molecular complexity index is 923. The minimum atomic E-state index is -0.867. The topological polar surface area (TPSA) is 69.0 Å². The summed E-state index contributed by atoms with van der Waals surface area (Å²) in [6.07, 6.45) is 0. The van der Waals surface area contributed by atoms with Gasteiger partial charge in [-0.3, -0.25) is 4.79 Å².